The second-order valence-corrected chi connectivity index (χ2v) is 8.42. The standard InChI is InChI=1S/C26H27N3O6/c1-3-33-20-14-16(9-12-18(20)30)24-21-22(19-6-5-13-35-19)27-28-23(21)25(31)29(24)17-10-7-15(8-11-17)26(32)34-4-2/h5-14,21-24,27-28,30H,3-4H2,1-2H3. The van der Waals surface area contributed by atoms with Gasteiger partial charge in [-0.2, -0.15) is 0 Å². The summed E-state index contributed by atoms with van der Waals surface area (Å²) in [6.45, 7) is 4.27. The number of esters is 1. The molecule has 35 heavy (non-hydrogen) atoms. The van der Waals surface area contributed by atoms with E-state index in [0.717, 1.165) is 5.56 Å². The van der Waals surface area contributed by atoms with Crippen LogP contribution < -0.4 is 20.5 Å². The van der Waals surface area contributed by atoms with Crippen LogP contribution in [0.3, 0.4) is 0 Å². The number of hydrogen-bond acceptors (Lipinski definition) is 8. The van der Waals surface area contributed by atoms with Crippen LogP contribution in [-0.2, 0) is 9.53 Å². The van der Waals surface area contributed by atoms with Crippen molar-refractivity contribution in [2.24, 2.45) is 5.92 Å². The number of benzene rings is 2. The van der Waals surface area contributed by atoms with E-state index in [2.05, 4.69) is 10.9 Å². The van der Waals surface area contributed by atoms with Crippen molar-refractivity contribution in [2.45, 2.75) is 32.0 Å². The van der Waals surface area contributed by atoms with Gasteiger partial charge >= 0.3 is 5.97 Å². The highest BCUT2D eigenvalue weighted by Gasteiger charge is 2.56. The fraction of sp³-hybridized carbons (Fsp3) is 0.308. The molecule has 1 amide bonds. The Hall–Kier alpha value is -3.82. The first-order chi connectivity index (χ1) is 17.0. The summed E-state index contributed by atoms with van der Waals surface area (Å²) in [5.74, 6) is 0.350. The highest BCUT2D eigenvalue weighted by molar-refractivity contribution is 6.02. The second-order valence-electron chi connectivity index (χ2n) is 8.42. The van der Waals surface area contributed by atoms with Gasteiger partial charge in [-0.05, 0) is 67.9 Å². The van der Waals surface area contributed by atoms with Crippen LogP contribution in [-0.4, -0.2) is 36.2 Å². The fourth-order valence-electron chi connectivity index (χ4n) is 4.96. The zero-order valence-electron chi connectivity index (χ0n) is 19.4. The first-order valence-corrected chi connectivity index (χ1v) is 11.6. The Morgan fingerprint density at radius 2 is 1.83 bits per heavy atom. The van der Waals surface area contributed by atoms with E-state index in [1.165, 1.54) is 0 Å². The Bertz CT molecular complexity index is 1210. The van der Waals surface area contributed by atoms with Crippen LogP contribution in [0.25, 0.3) is 0 Å². The minimum atomic E-state index is -0.510. The van der Waals surface area contributed by atoms with Crippen molar-refractivity contribution in [1.29, 1.82) is 0 Å². The maximum atomic E-state index is 13.7. The summed E-state index contributed by atoms with van der Waals surface area (Å²) in [6, 6.07) is 14.5. The minimum absolute atomic E-state index is 0.0343. The molecule has 0 radical (unpaired) electrons. The summed E-state index contributed by atoms with van der Waals surface area (Å²) in [5.41, 5.74) is 8.24. The van der Waals surface area contributed by atoms with Gasteiger partial charge in [-0.3, -0.25) is 4.79 Å². The molecule has 2 saturated heterocycles. The number of nitrogens with zero attached hydrogens (tertiary/aromatic N) is 1. The highest BCUT2D eigenvalue weighted by atomic mass is 16.5. The molecule has 2 aliphatic rings. The number of rotatable bonds is 7. The Kier molecular flexibility index (Phi) is 6.19. The normalized spacial score (nSPS) is 23.4. The van der Waals surface area contributed by atoms with E-state index >= 15 is 0 Å². The van der Waals surface area contributed by atoms with Crippen molar-refractivity contribution in [3.8, 4) is 11.5 Å². The van der Waals surface area contributed by atoms with Crippen molar-refractivity contribution in [2.75, 3.05) is 18.1 Å². The maximum Gasteiger partial charge on any atom is 0.338 e. The zero-order chi connectivity index (χ0) is 24.5. The molecule has 9 heteroatoms. The summed E-state index contributed by atoms with van der Waals surface area (Å²) in [7, 11) is 0. The SMILES string of the molecule is CCOC(=O)c1ccc(N2C(=O)C3NNC(c4ccco4)C3C2c2ccc(O)c(OCC)c2)cc1. The summed E-state index contributed by atoms with van der Waals surface area (Å²) in [6.07, 6.45) is 1.61. The van der Waals surface area contributed by atoms with Crippen LogP contribution in [0.4, 0.5) is 5.69 Å². The molecule has 2 aliphatic heterocycles. The molecule has 0 spiro atoms. The number of fused-ring (bicyclic) bond motifs is 1. The molecule has 5 rings (SSSR count). The topological polar surface area (TPSA) is 113 Å². The molecular weight excluding hydrogens is 450 g/mol. The van der Waals surface area contributed by atoms with Crippen LogP contribution in [0, 0.1) is 5.92 Å². The molecule has 0 aliphatic carbocycles. The van der Waals surface area contributed by atoms with E-state index in [1.807, 2.05) is 19.1 Å². The predicted octanol–water partition coefficient (Wildman–Crippen LogP) is 3.48. The molecule has 0 bridgehead atoms. The smallest absolute Gasteiger partial charge is 0.338 e. The van der Waals surface area contributed by atoms with Gasteiger partial charge in [0.25, 0.3) is 0 Å². The van der Waals surface area contributed by atoms with Crippen LogP contribution in [0.15, 0.2) is 65.3 Å². The number of carbonyl (C=O) groups excluding carboxylic acids is 2. The molecule has 9 nitrogen and oxygen atoms in total. The molecular formula is C26H27N3O6. The number of furan rings is 1. The average Bonchev–Trinajstić information content (AvgIpc) is 3.59. The van der Waals surface area contributed by atoms with Gasteiger partial charge in [0.05, 0.1) is 37.1 Å². The number of hydrazine groups is 1. The largest absolute Gasteiger partial charge is 0.504 e. The predicted molar refractivity (Wildman–Crippen MR) is 127 cm³/mol. The molecule has 182 valence electrons. The van der Waals surface area contributed by atoms with Gasteiger partial charge in [-0.25, -0.2) is 15.6 Å². The summed E-state index contributed by atoms with van der Waals surface area (Å²) < 4.78 is 16.4. The van der Waals surface area contributed by atoms with Gasteiger partial charge < -0.3 is 23.9 Å². The Morgan fingerprint density at radius 3 is 2.51 bits per heavy atom. The number of ether oxygens (including phenoxy) is 2. The third kappa shape index (κ3) is 4.02. The second kappa shape index (κ2) is 9.44. The van der Waals surface area contributed by atoms with E-state index < -0.39 is 18.1 Å². The molecule has 2 aromatic carbocycles. The molecule has 1 aromatic heterocycles. The lowest BCUT2D eigenvalue weighted by Crippen LogP contribution is -2.41. The lowest BCUT2D eigenvalue weighted by molar-refractivity contribution is -0.119. The Balaban J connectivity index is 1.58. The zero-order valence-corrected chi connectivity index (χ0v) is 19.4. The van der Waals surface area contributed by atoms with Gasteiger partial charge in [-0.1, -0.05) is 6.07 Å². The first-order valence-electron chi connectivity index (χ1n) is 11.6. The van der Waals surface area contributed by atoms with Gasteiger partial charge in [-0.15, -0.1) is 0 Å². The van der Waals surface area contributed by atoms with Crippen LogP contribution >= 0.6 is 0 Å². The minimum Gasteiger partial charge on any atom is -0.504 e. The molecule has 4 atom stereocenters. The lowest BCUT2D eigenvalue weighted by atomic mass is 9.85. The van der Waals surface area contributed by atoms with Crippen LogP contribution in [0.5, 0.6) is 11.5 Å². The Morgan fingerprint density at radius 1 is 1.06 bits per heavy atom. The van der Waals surface area contributed by atoms with E-state index in [1.54, 1.807) is 60.6 Å². The van der Waals surface area contributed by atoms with E-state index in [4.69, 9.17) is 13.9 Å². The van der Waals surface area contributed by atoms with E-state index in [9.17, 15) is 14.7 Å². The number of phenolic OH excluding ortho intramolecular Hbond substituents is 1. The summed E-state index contributed by atoms with van der Waals surface area (Å²) >= 11 is 0. The van der Waals surface area contributed by atoms with E-state index in [-0.39, 0.29) is 30.2 Å². The number of nitrogens with one attached hydrogen (secondary N) is 2. The third-order valence-electron chi connectivity index (χ3n) is 6.44. The molecule has 0 saturated carbocycles. The van der Waals surface area contributed by atoms with E-state index in [0.29, 0.717) is 29.4 Å². The van der Waals surface area contributed by atoms with Gasteiger partial charge in [0.15, 0.2) is 11.5 Å². The molecule has 3 N–H and O–H groups in total. The van der Waals surface area contributed by atoms with Crippen molar-refractivity contribution in [1.82, 2.24) is 10.9 Å². The van der Waals surface area contributed by atoms with Gasteiger partial charge in [0, 0.05) is 11.6 Å². The first kappa shape index (κ1) is 22.9. The monoisotopic (exact) mass is 477 g/mol. The Labute approximate surface area is 202 Å². The summed E-state index contributed by atoms with van der Waals surface area (Å²) in [5, 5.41) is 10.3. The summed E-state index contributed by atoms with van der Waals surface area (Å²) in [4.78, 5) is 27.6. The van der Waals surface area contributed by atoms with Crippen molar-refractivity contribution >= 4 is 17.6 Å². The number of amides is 1. The number of phenols is 1. The van der Waals surface area contributed by atoms with Crippen molar-refractivity contribution in [3.63, 3.8) is 0 Å². The van der Waals surface area contributed by atoms with Crippen LogP contribution in [0.1, 0.15) is 47.6 Å². The number of carbonyl (C=O) groups is 2. The molecule has 3 heterocycles. The average molecular weight is 478 g/mol. The van der Waals surface area contributed by atoms with Crippen LogP contribution in [0.2, 0.25) is 0 Å². The number of hydrogen-bond donors (Lipinski definition) is 3. The number of aromatic hydroxyl groups is 1. The third-order valence-corrected chi connectivity index (χ3v) is 6.44. The molecule has 2 fully saturated rings. The highest BCUT2D eigenvalue weighted by Crippen LogP contribution is 2.50. The van der Waals surface area contributed by atoms with Crippen molar-refractivity contribution in [3.05, 3.63) is 77.7 Å². The molecule has 4 unspecified atom stereocenters. The fourth-order valence-corrected chi connectivity index (χ4v) is 4.96. The maximum absolute atomic E-state index is 13.7. The number of anilines is 1. The molecule has 3 aromatic rings. The lowest BCUT2D eigenvalue weighted by Gasteiger charge is -2.31. The van der Waals surface area contributed by atoms with Gasteiger partial charge in [0.2, 0.25) is 5.91 Å². The van der Waals surface area contributed by atoms with Crippen molar-refractivity contribution < 1.29 is 28.6 Å². The quantitative estimate of drug-likeness (QED) is 0.444. The van der Waals surface area contributed by atoms with Gasteiger partial charge in [0.1, 0.15) is 11.8 Å².